The topological polar surface area (TPSA) is 61.4 Å². The molecule has 140 valence electrons. The van der Waals surface area contributed by atoms with Crippen molar-refractivity contribution < 1.29 is 9.59 Å². The third-order valence-corrected chi connectivity index (χ3v) is 4.68. The first-order valence-corrected chi connectivity index (χ1v) is 9.04. The Hall–Kier alpha value is -1.59. The highest BCUT2D eigenvalue weighted by Gasteiger charge is 2.16. The van der Waals surface area contributed by atoms with E-state index in [2.05, 4.69) is 10.6 Å². The van der Waals surface area contributed by atoms with E-state index in [9.17, 15) is 9.59 Å². The summed E-state index contributed by atoms with van der Waals surface area (Å²) in [7, 11) is 0. The molecule has 6 heteroatoms. The van der Waals surface area contributed by atoms with Gasteiger partial charge in [-0.25, -0.2) is 0 Å². The number of hydrogen-bond donors (Lipinski definition) is 2. The average molecular weight is 368 g/mol. The maximum Gasteiger partial charge on any atom is 0.253 e. The molecule has 0 aromatic heterocycles. The number of benzene rings is 1. The fourth-order valence-corrected chi connectivity index (χ4v) is 3.15. The molecule has 25 heavy (non-hydrogen) atoms. The first-order valence-electron chi connectivity index (χ1n) is 9.04. The number of hydrogen-bond acceptors (Lipinski definition) is 3. The van der Waals surface area contributed by atoms with Crippen molar-refractivity contribution in [2.24, 2.45) is 5.92 Å². The quantitative estimate of drug-likeness (QED) is 0.777. The molecule has 2 amide bonds. The highest BCUT2D eigenvalue weighted by molar-refractivity contribution is 5.97. The minimum Gasteiger partial charge on any atom is -0.339 e. The summed E-state index contributed by atoms with van der Waals surface area (Å²) in [6.07, 6.45) is 3.78. The smallest absolute Gasteiger partial charge is 0.253 e. The molecule has 1 aromatic carbocycles. The Balaban J connectivity index is 0.00000312. The summed E-state index contributed by atoms with van der Waals surface area (Å²) in [5, 5.41) is 6.27. The monoisotopic (exact) mass is 367 g/mol. The number of halogens is 1. The normalized spacial score (nSPS) is 14.5. The highest BCUT2D eigenvalue weighted by atomic mass is 35.5. The maximum atomic E-state index is 12.4. The molecule has 1 fully saturated rings. The first-order chi connectivity index (χ1) is 11.6. The molecule has 0 bridgehead atoms. The van der Waals surface area contributed by atoms with Crippen molar-refractivity contribution >= 4 is 29.9 Å². The number of rotatable bonds is 7. The number of nitrogens with one attached hydrogen (secondary N) is 2. The van der Waals surface area contributed by atoms with E-state index in [1.807, 2.05) is 26.0 Å². The van der Waals surface area contributed by atoms with Crippen LogP contribution in [-0.2, 0) is 4.79 Å². The summed E-state index contributed by atoms with van der Waals surface area (Å²) in [6.45, 7) is 7.41. The molecule has 0 saturated carbocycles. The van der Waals surface area contributed by atoms with E-state index in [-0.39, 0.29) is 24.2 Å². The van der Waals surface area contributed by atoms with E-state index in [1.54, 1.807) is 17.0 Å². The van der Waals surface area contributed by atoms with E-state index in [0.717, 1.165) is 32.4 Å². The van der Waals surface area contributed by atoms with Crippen LogP contribution in [0.3, 0.4) is 0 Å². The van der Waals surface area contributed by atoms with Crippen molar-refractivity contribution in [1.82, 2.24) is 10.2 Å². The number of amides is 2. The second-order valence-electron chi connectivity index (χ2n) is 6.34. The zero-order chi connectivity index (χ0) is 17.4. The Bertz CT molecular complexity index is 555. The molecule has 2 N–H and O–H groups in total. The zero-order valence-corrected chi connectivity index (χ0v) is 16.0. The van der Waals surface area contributed by atoms with Crippen LogP contribution in [-0.4, -0.2) is 42.9 Å². The third kappa shape index (κ3) is 6.67. The molecule has 0 radical (unpaired) electrons. The summed E-state index contributed by atoms with van der Waals surface area (Å²) >= 11 is 0. The Morgan fingerprint density at radius 1 is 1.20 bits per heavy atom. The van der Waals surface area contributed by atoms with E-state index in [4.69, 9.17) is 0 Å². The number of carbonyl (C=O) groups is 2. The minimum absolute atomic E-state index is 0. The van der Waals surface area contributed by atoms with Crippen LogP contribution >= 0.6 is 12.4 Å². The minimum atomic E-state index is 0. The van der Waals surface area contributed by atoms with Gasteiger partial charge in [0.1, 0.15) is 0 Å². The molecule has 0 atom stereocenters. The third-order valence-electron chi connectivity index (χ3n) is 4.68. The molecule has 0 aliphatic carbocycles. The largest absolute Gasteiger partial charge is 0.339 e. The predicted octanol–water partition coefficient (Wildman–Crippen LogP) is 3.31. The molecule has 5 nitrogen and oxygen atoms in total. The van der Waals surface area contributed by atoms with Gasteiger partial charge in [-0.05, 0) is 70.3 Å². The molecule has 2 rings (SSSR count). The van der Waals surface area contributed by atoms with Gasteiger partial charge in [-0.1, -0.05) is 6.07 Å². The van der Waals surface area contributed by atoms with Gasteiger partial charge in [0.15, 0.2) is 0 Å². The van der Waals surface area contributed by atoms with Gasteiger partial charge in [-0.2, -0.15) is 0 Å². The lowest BCUT2D eigenvalue weighted by Crippen LogP contribution is -2.30. The summed E-state index contributed by atoms with van der Waals surface area (Å²) in [5.74, 6) is 0.680. The van der Waals surface area contributed by atoms with Gasteiger partial charge in [0, 0.05) is 30.8 Å². The second-order valence-corrected chi connectivity index (χ2v) is 6.34. The van der Waals surface area contributed by atoms with Gasteiger partial charge in [0.2, 0.25) is 5.91 Å². The molecule has 1 aromatic rings. The van der Waals surface area contributed by atoms with Crippen molar-refractivity contribution in [1.29, 1.82) is 0 Å². The van der Waals surface area contributed by atoms with Crippen LogP contribution in [0, 0.1) is 5.92 Å². The standard InChI is InChI=1S/C19H29N3O2.ClH/c1-3-22(4-2)19(24)16-6-5-7-17(14-16)21-18(23)9-8-15-10-12-20-13-11-15;/h5-7,14-15,20H,3-4,8-13H2,1-2H3,(H,21,23);1H. The Morgan fingerprint density at radius 3 is 2.52 bits per heavy atom. The van der Waals surface area contributed by atoms with Crippen LogP contribution in [0.5, 0.6) is 0 Å². The highest BCUT2D eigenvalue weighted by Crippen LogP contribution is 2.19. The molecule has 1 aliphatic rings. The molecule has 0 spiro atoms. The van der Waals surface area contributed by atoms with Crippen molar-refractivity contribution in [3.63, 3.8) is 0 Å². The lowest BCUT2D eigenvalue weighted by atomic mass is 9.93. The van der Waals surface area contributed by atoms with Gasteiger partial charge in [0.25, 0.3) is 5.91 Å². The van der Waals surface area contributed by atoms with Gasteiger partial charge in [-0.3, -0.25) is 9.59 Å². The molecular formula is C19H30ClN3O2. The molecule has 1 heterocycles. The number of nitrogens with zero attached hydrogens (tertiary/aromatic N) is 1. The van der Waals surface area contributed by atoms with Crippen molar-refractivity contribution in [3.05, 3.63) is 29.8 Å². The molecule has 0 unspecified atom stereocenters. The van der Waals surface area contributed by atoms with Crippen LogP contribution in [0.25, 0.3) is 0 Å². The fourth-order valence-electron chi connectivity index (χ4n) is 3.15. The number of piperidine rings is 1. The first kappa shape index (κ1) is 21.5. The predicted molar refractivity (Wildman–Crippen MR) is 104 cm³/mol. The van der Waals surface area contributed by atoms with E-state index >= 15 is 0 Å². The van der Waals surface area contributed by atoms with Crippen molar-refractivity contribution in [3.8, 4) is 0 Å². The van der Waals surface area contributed by atoms with Gasteiger partial charge < -0.3 is 15.5 Å². The van der Waals surface area contributed by atoms with Crippen LogP contribution < -0.4 is 10.6 Å². The van der Waals surface area contributed by atoms with E-state index < -0.39 is 0 Å². The number of anilines is 1. The van der Waals surface area contributed by atoms with Gasteiger partial charge in [-0.15, -0.1) is 12.4 Å². The Labute approximate surface area is 157 Å². The average Bonchev–Trinajstić information content (AvgIpc) is 2.62. The van der Waals surface area contributed by atoms with Crippen molar-refractivity contribution in [2.75, 3.05) is 31.5 Å². The van der Waals surface area contributed by atoms with Gasteiger partial charge >= 0.3 is 0 Å². The molecular weight excluding hydrogens is 338 g/mol. The lowest BCUT2D eigenvalue weighted by Gasteiger charge is -2.22. The zero-order valence-electron chi connectivity index (χ0n) is 15.2. The van der Waals surface area contributed by atoms with Crippen LogP contribution in [0.15, 0.2) is 24.3 Å². The summed E-state index contributed by atoms with van der Waals surface area (Å²) < 4.78 is 0. The maximum absolute atomic E-state index is 12.4. The number of carbonyl (C=O) groups excluding carboxylic acids is 2. The Kier molecular flexibility index (Phi) is 9.53. The SMILES string of the molecule is CCN(CC)C(=O)c1cccc(NC(=O)CCC2CCNCC2)c1.Cl. The fraction of sp³-hybridized carbons (Fsp3) is 0.579. The summed E-state index contributed by atoms with van der Waals surface area (Å²) in [6, 6.07) is 7.22. The Morgan fingerprint density at radius 2 is 1.88 bits per heavy atom. The van der Waals surface area contributed by atoms with Crippen LogP contribution in [0.4, 0.5) is 5.69 Å². The second kappa shape index (κ2) is 11.1. The van der Waals surface area contributed by atoms with Crippen LogP contribution in [0.2, 0.25) is 0 Å². The van der Waals surface area contributed by atoms with E-state index in [0.29, 0.717) is 36.7 Å². The van der Waals surface area contributed by atoms with Crippen molar-refractivity contribution in [2.45, 2.75) is 39.5 Å². The molecule has 1 saturated heterocycles. The van der Waals surface area contributed by atoms with Crippen LogP contribution in [0.1, 0.15) is 49.9 Å². The summed E-state index contributed by atoms with van der Waals surface area (Å²) in [4.78, 5) is 26.3. The summed E-state index contributed by atoms with van der Waals surface area (Å²) in [5.41, 5.74) is 1.32. The molecule has 1 aliphatic heterocycles. The van der Waals surface area contributed by atoms with Gasteiger partial charge in [0.05, 0.1) is 0 Å². The van der Waals surface area contributed by atoms with E-state index in [1.165, 1.54) is 0 Å². The lowest BCUT2D eigenvalue weighted by molar-refractivity contribution is -0.116.